The second kappa shape index (κ2) is 2.13. The first-order chi connectivity index (χ1) is 4.61. The molecule has 1 saturated heterocycles. The molecule has 4 nitrogen and oxygen atoms in total. The Hall–Kier alpha value is -1.32. The number of hydrogen-bond acceptors (Lipinski definition) is 3. The van der Waals surface area contributed by atoms with Crippen LogP contribution in [0.2, 0.25) is 0 Å². The minimum absolute atomic E-state index is 0.189. The molecule has 0 aromatic rings. The summed E-state index contributed by atoms with van der Waals surface area (Å²) < 4.78 is 4.51. The number of amides is 2. The molecule has 4 heteroatoms. The zero-order valence-electron chi connectivity index (χ0n) is 5.59. The van der Waals surface area contributed by atoms with E-state index in [1.54, 1.807) is 0 Å². The molecule has 0 unspecified atom stereocenters. The van der Waals surface area contributed by atoms with Crippen molar-refractivity contribution >= 4 is 12.0 Å². The molecule has 1 fully saturated rings. The van der Waals surface area contributed by atoms with Crippen LogP contribution in [-0.2, 0) is 9.53 Å². The van der Waals surface area contributed by atoms with Crippen LogP contribution in [0, 0.1) is 0 Å². The lowest BCUT2D eigenvalue weighted by Crippen LogP contribution is -2.28. The van der Waals surface area contributed by atoms with E-state index in [0.29, 0.717) is 5.76 Å². The largest absolute Gasteiger partial charge is 0.422 e. The third-order valence-corrected chi connectivity index (χ3v) is 1.17. The third-order valence-electron chi connectivity index (χ3n) is 1.17. The van der Waals surface area contributed by atoms with Crippen LogP contribution in [0.15, 0.2) is 12.3 Å². The fourth-order valence-electron chi connectivity index (χ4n) is 0.692. The van der Waals surface area contributed by atoms with Gasteiger partial charge in [0.15, 0.2) is 0 Å². The average molecular weight is 141 g/mol. The van der Waals surface area contributed by atoms with E-state index < -0.39 is 6.09 Å². The van der Waals surface area contributed by atoms with E-state index in [1.165, 1.54) is 6.92 Å². The minimum Gasteiger partial charge on any atom is -0.413 e. The molecule has 0 atom stereocenters. The molecule has 0 radical (unpaired) electrons. The van der Waals surface area contributed by atoms with Crippen LogP contribution in [-0.4, -0.2) is 23.4 Å². The van der Waals surface area contributed by atoms with E-state index in [0.717, 1.165) is 4.90 Å². The molecule has 0 spiro atoms. The smallest absolute Gasteiger partial charge is 0.413 e. The van der Waals surface area contributed by atoms with Crippen molar-refractivity contribution in [3.8, 4) is 0 Å². The molecule has 1 heterocycles. The van der Waals surface area contributed by atoms with Gasteiger partial charge >= 0.3 is 6.09 Å². The topological polar surface area (TPSA) is 46.6 Å². The summed E-state index contributed by atoms with van der Waals surface area (Å²) in [4.78, 5) is 22.2. The lowest BCUT2D eigenvalue weighted by Gasteiger charge is -2.03. The van der Waals surface area contributed by atoms with Crippen LogP contribution >= 0.6 is 0 Å². The zero-order chi connectivity index (χ0) is 7.72. The van der Waals surface area contributed by atoms with Gasteiger partial charge in [0.05, 0.1) is 6.54 Å². The highest BCUT2D eigenvalue weighted by Crippen LogP contribution is 2.11. The predicted octanol–water partition coefficient (Wildman–Crippen LogP) is 0.499. The van der Waals surface area contributed by atoms with Crippen LogP contribution in [0.3, 0.4) is 0 Å². The summed E-state index contributed by atoms with van der Waals surface area (Å²) in [6.45, 7) is 4.89. The van der Waals surface area contributed by atoms with Crippen molar-refractivity contribution in [3.63, 3.8) is 0 Å². The Morgan fingerprint density at radius 3 is 2.60 bits per heavy atom. The van der Waals surface area contributed by atoms with Crippen LogP contribution in [0.5, 0.6) is 0 Å². The Labute approximate surface area is 58.1 Å². The van der Waals surface area contributed by atoms with Gasteiger partial charge in [-0.1, -0.05) is 6.58 Å². The van der Waals surface area contributed by atoms with Gasteiger partial charge < -0.3 is 4.74 Å². The summed E-state index contributed by atoms with van der Waals surface area (Å²) in [5, 5.41) is 0. The molecule has 10 heavy (non-hydrogen) atoms. The van der Waals surface area contributed by atoms with Crippen molar-refractivity contribution in [1.29, 1.82) is 0 Å². The number of rotatable bonds is 0. The first-order valence-electron chi connectivity index (χ1n) is 2.79. The molecule has 0 aromatic heterocycles. The summed E-state index contributed by atoms with van der Waals surface area (Å²) >= 11 is 0. The van der Waals surface area contributed by atoms with Gasteiger partial charge in [-0.3, -0.25) is 4.79 Å². The van der Waals surface area contributed by atoms with Crippen LogP contribution in [0.4, 0.5) is 4.79 Å². The van der Waals surface area contributed by atoms with Gasteiger partial charge in [0.25, 0.3) is 0 Å². The Bertz CT molecular complexity index is 209. The molecule has 2 amide bonds. The maximum atomic E-state index is 10.6. The van der Waals surface area contributed by atoms with Gasteiger partial charge in [0.1, 0.15) is 5.76 Å². The Morgan fingerprint density at radius 1 is 1.80 bits per heavy atom. The second-order valence-corrected chi connectivity index (χ2v) is 2.01. The van der Waals surface area contributed by atoms with Crippen LogP contribution in [0.25, 0.3) is 0 Å². The normalized spacial score (nSPS) is 17.5. The van der Waals surface area contributed by atoms with E-state index in [9.17, 15) is 9.59 Å². The first kappa shape index (κ1) is 6.80. The fourth-order valence-corrected chi connectivity index (χ4v) is 0.692. The summed E-state index contributed by atoms with van der Waals surface area (Å²) in [6.07, 6.45) is -0.627. The second-order valence-electron chi connectivity index (χ2n) is 2.01. The minimum atomic E-state index is -0.627. The molecule has 0 aromatic carbocycles. The Kier molecular flexibility index (Phi) is 1.45. The van der Waals surface area contributed by atoms with E-state index in [2.05, 4.69) is 11.3 Å². The molecule has 0 N–H and O–H groups in total. The van der Waals surface area contributed by atoms with E-state index >= 15 is 0 Å². The van der Waals surface area contributed by atoms with E-state index in [-0.39, 0.29) is 12.5 Å². The molecule has 0 aliphatic carbocycles. The van der Waals surface area contributed by atoms with Gasteiger partial charge in [0.2, 0.25) is 5.91 Å². The molecule has 0 saturated carbocycles. The Morgan fingerprint density at radius 2 is 2.40 bits per heavy atom. The highest BCUT2D eigenvalue weighted by atomic mass is 16.6. The number of hydrogen-bond donors (Lipinski definition) is 0. The van der Waals surface area contributed by atoms with Crippen molar-refractivity contribution in [1.82, 2.24) is 4.90 Å². The number of nitrogens with zero attached hydrogens (tertiary/aromatic N) is 1. The first-order valence-corrected chi connectivity index (χ1v) is 2.79. The highest BCUT2D eigenvalue weighted by Gasteiger charge is 2.28. The highest BCUT2D eigenvalue weighted by molar-refractivity contribution is 5.92. The zero-order valence-corrected chi connectivity index (χ0v) is 5.59. The molecule has 1 rings (SSSR count). The summed E-state index contributed by atoms with van der Waals surface area (Å²) in [5.74, 6) is 0.00356. The molecule has 0 bridgehead atoms. The number of carbonyl (C=O) groups is 2. The van der Waals surface area contributed by atoms with Gasteiger partial charge in [-0.25, -0.2) is 9.69 Å². The molecule has 1 aliphatic heterocycles. The standard InChI is InChI=1S/C6H7NO3/c1-4-3-7(5(2)8)6(9)10-4/h1,3H2,2H3. The van der Waals surface area contributed by atoms with Crippen molar-refractivity contribution in [2.45, 2.75) is 6.92 Å². The van der Waals surface area contributed by atoms with Crippen molar-refractivity contribution in [2.24, 2.45) is 0 Å². The summed E-state index contributed by atoms with van der Waals surface area (Å²) in [6, 6.07) is 0. The lowest BCUT2D eigenvalue weighted by atomic mass is 10.5. The fraction of sp³-hybridized carbons (Fsp3) is 0.333. The van der Waals surface area contributed by atoms with Crippen LogP contribution < -0.4 is 0 Å². The maximum absolute atomic E-state index is 10.6. The molecule has 54 valence electrons. The van der Waals surface area contributed by atoms with Gasteiger partial charge in [-0.05, 0) is 0 Å². The molecular formula is C6H7NO3. The van der Waals surface area contributed by atoms with Crippen molar-refractivity contribution in [2.75, 3.05) is 6.54 Å². The number of cyclic esters (lactones) is 1. The number of carbonyl (C=O) groups excluding carboxylic acids is 2. The monoisotopic (exact) mass is 141 g/mol. The molecule has 1 aliphatic rings. The molecular weight excluding hydrogens is 134 g/mol. The lowest BCUT2D eigenvalue weighted by molar-refractivity contribution is -0.125. The average Bonchev–Trinajstić information content (AvgIpc) is 2.10. The van der Waals surface area contributed by atoms with Gasteiger partial charge in [0, 0.05) is 6.92 Å². The predicted molar refractivity (Wildman–Crippen MR) is 33.0 cm³/mol. The maximum Gasteiger partial charge on any atom is 0.422 e. The quantitative estimate of drug-likeness (QED) is 0.493. The number of imide groups is 1. The summed E-state index contributed by atoms with van der Waals surface area (Å²) in [5.41, 5.74) is 0. The number of ether oxygens (including phenoxy) is 1. The van der Waals surface area contributed by atoms with E-state index in [4.69, 9.17) is 0 Å². The van der Waals surface area contributed by atoms with Gasteiger partial charge in [-0.15, -0.1) is 0 Å². The van der Waals surface area contributed by atoms with E-state index in [1.807, 2.05) is 0 Å². The van der Waals surface area contributed by atoms with Crippen molar-refractivity contribution in [3.05, 3.63) is 12.3 Å². The van der Waals surface area contributed by atoms with Crippen molar-refractivity contribution < 1.29 is 14.3 Å². The Balaban J connectivity index is 2.72. The third kappa shape index (κ3) is 1.00. The van der Waals surface area contributed by atoms with Crippen LogP contribution in [0.1, 0.15) is 6.92 Å². The van der Waals surface area contributed by atoms with Gasteiger partial charge in [-0.2, -0.15) is 0 Å². The summed E-state index contributed by atoms with van der Waals surface area (Å²) in [7, 11) is 0. The SMILES string of the molecule is C=C1CN(C(C)=O)C(=O)O1.